The molecule has 0 aromatic heterocycles. The van der Waals surface area contributed by atoms with Gasteiger partial charge >= 0.3 is 12.0 Å². The molecule has 1 aromatic rings. The van der Waals surface area contributed by atoms with Gasteiger partial charge in [-0.05, 0) is 24.1 Å². The summed E-state index contributed by atoms with van der Waals surface area (Å²) >= 11 is 0. The van der Waals surface area contributed by atoms with E-state index in [1.165, 1.54) is 12.1 Å². The quantitative estimate of drug-likeness (QED) is 0.828. The molecule has 5 nitrogen and oxygen atoms in total. The summed E-state index contributed by atoms with van der Waals surface area (Å²) in [6.45, 7) is 2.07. The Hall–Kier alpha value is -2.04. The molecule has 2 rings (SSSR count). The summed E-state index contributed by atoms with van der Waals surface area (Å²) in [5.41, 5.74) is 1.15. The molecule has 0 spiro atoms. The van der Waals surface area contributed by atoms with Gasteiger partial charge in [0.1, 0.15) is 0 Å². The summed E-state index contributed by atoms with van der Waals surface area (Å²) in [7, 11) is 0. The number of hydrogen-bond donors (Lipinski definition) is 2. The molecule has 1 saturated heterocycles. The topological polar surface area (TPSA) is 69.6 Å². The van der Waals surface area contributed by atoms with Gasteiger partial charge in [-0.1, -0.05) is 12.1 Å². The second-order valence-corrected chi connectivity index (χ2v) is 4.00. The minimum Gasteiger partial charge on any atom is -0.478 e. The Morgan fingerprint density at radius 3 is 2.35 bits per heavy atom. The van der Waals surface area contributed by atoms with E-state index in [1.54, 1.807) is 17.0 Å². The first-order valence-corrected chi connectivity index (χ1v) is 5.52. The molecule has 0 saturated carbocycles. The number of hydrogen-bond acceptors (Lipinski definition) is 2. The predicted octanol–water partition coefficient (Wildman–Crippen LogP) is 1.30. The van der Waals surface area contributed by atoms with Crippen molar-refractivity contribution < 1.29 is 14.7 Å². The van der Waals surface area contributed by atoms with Crippen LogP contribution in [0, 0.1) is 0 Å². The van der Waals surface area contributed by atoms with E-state index in [9.17, 15) is 9.59 Å². The van der Waals surface area contributed by atoms with Gasteiger partial charge in [0.05, 0.1) is 5.56 Å². The average Bonchev–Trinajstić information content (AvgIpc) is 2.24. The van der Waals surface area contributed by atoms with Gasteiger partial charge in [-0.25, -0.2) is 9.59 Å². The second kappa shape index (κ2) is 4.86. The molecule has 90 valence electrons. The molecular weight excluding hydrogens is 220 g/mol. The SMILES string of the molecule is O=C(O)c1ccc(CNC(=O)N2CCC2)cc1. The number of urea groups is 1. The van der Waals surface area contributed by atoms with Crippen molar-refractivity contribution in [1.82, 2.24) is 10.2 Å². The fraction of sp³-hybridized carbons (Fsp3) is 0.333. The van der Waals surface area contributed by atoms with Crippen LogP contribution in [0.5, 0.6) is 0 Å². The molecule has 1 aliphatic heterocycles. The molecule has 0 radical (unpaired) electrons. The largest absolute Gasteiger partial charge is 0.478 e. The highest BCUT2D eigenvalue weighted by Gasteiger charge is 2.19. The summed E-state index contributed by atoms with van der Waals surface area (Å²) in [5.74, 6) is -0.943. The molecule has 17 heavy (non-hydrogen) atoms. The Labute approximate surface area is 99.0 Å². The van der Waals surface area contributed by atoms with E-state index < -0.39 is 5.97 Å². The minimum absolute atomic E-state index is 0.0569. The molecule has 0 bridgehead atoms. The number of amides is 2. The number of nitrogens with one attached hydrogen (secondary N) is 1. The minimum atomic E-state index is -0.943. The Morgan fingerprint density at radius 2 is 1.88 bits per heavy atom. The van der Waals surface area contributed by atoms with Crippen LogP contribution in [0.2, 0.25) is 0 Å². The summed E-state index contributed by atoms with van der Waals surface area (Å²) < 4.78 is 0. The highest BCUT2D eigenvalue weighted by Crippen LogP contribution is 2.07. The molecule has 2 N–H and O–H groups in total. The van der Waals surface area contributed by atoms with Crippen LogP contribution in [-0.2, 0) is 6.54 Å². The maximum absolute atomic E-state index is 11.5. The normalized spacial score (nSPS) is 14.0. The van der Waals surface area contributed by atoms with Gasteiger partial charge in [-0.15, -0.1) is 0 Å². The Balaban J connectivity index is 1.86. The number of carboxylic acids is 1. The first kappa shape index (κ1) is 11.4. The Morgan fingerprint density at radius 1 is 1.24 bits per heavy atom. The smallest absolute Gasteiger partial charge is 0.335 e. The fourth-order valence-electron chi connectivity index (χ4n) is 1.57. The van der Waals surface area contributed by atoms with Crippen molar-refractivity contribution in [3.05, 3.63) is 35.4 Å². The lowest BCUT2D eigenvalue weighted by molar-refractivity contribution is 0.0697. The van der Waals surface area contributed by atoms with Gasteiger partial charge in [0.15, 0.2) is 0 Å². The first-order chi connectivity index (χ1) is 8.16. The number of nitrogens with zero attached hydrogens (tertiary/aromatic N) is 1. The van der Waals surface area contributed by atoms with Gasteiger partial charge in [-0.2, -0.15) is 0 Å². The lowest BCUT2D eigenvalue weighted by Gasteiger charge is -2.30. The van der Waals surface area contributed by atoms with Gasteiger partial charge in [0.2, 0.25) is 0 Å². The summed E-state index contributed by atoms with van der Waals surface area (Å²) in [6.07, 6.45) is 1.07. The zero-order valence-corrected chi connectivity index (χ0v) is 9.35. The highest BCUT2D eigenvalue weighted by atomic mass is 16.4. The van der Waals surface area contributed by atoms with E-state index in [4.69, 9.17) is 5.11 Å². The zero-order valence-electron chi connectivity index (χ0n) is 9.35. The number of aromatic carboxylic acids is 1. The Bertz CT molecular complexity index is 424. The van der Waals surface area contributed by atoms with Gasteiger partial charge in [0.25, 0.3) is 0 Å². The molecule has 1 aliphatic rings. The lowest BCUT2D eigenvalue weighted by atomic mass is 10.1. The van der Waals surface area contributed by atoms with Crippen LogP contribution in [0.3, 0.4) is 0 Å². The summed E-state index contributed by atoms with van der Waals surface area (Å²) in [4.78, 5) is 23.9. The Kier molecular flexibility index (Phi) is 3.27. The zero-order chi connectivity index (χ0) is 12.3. The molecule has 1 aromatic carbocycles. The van der Waals surface area contributed by atoms with E-state index >= 15 is 0 Å². The molecule has 2 amide bonds. The maximum atomic E-state index is 11.5. The number of likely N-dealkylation sites (tertiary alicyclic amines) is 1. The van der Waals surface area contributed by atoms with Gasteiger partial charge in [-0.3, -0.25) is 0 Å². The second-order valence-electron chi connectivity index (χ2n) is 4.00. The fourth-order valence-corrected chi connectivity index (χ4v) is 1.57. The van der Waals surface area contributed by atoms with E-state index in [2.05, 4.69) is 5.32 Å². The van der Waals surface area contributed by atoms with Crippen molar-refractivity contribution in [3.63, 3.8) is 0 Å². The number of carbonyl (C=O) groups excluding carboxylic acids is 1. The monoisotopic (exact) mass is 234 g/mol. The van der Waals surface area contributed by atoms with Crippen LogP contribution < -0.4 is 5.32 Å². The van der Waals surface area contributed by atoms with Gasteiger partial charge < -0.3 is 15.3 Å². The van der Waals surface area contributed by atoms with E-state index in [-0.39, 0.29) is 11.6 Å². The van der Waals surface area contributed by atoms with E-state index in [0.29, 0.717) is 6.54 Å². The van der Waals surface area contributed by atoms with Crippen molar-refractivity contribution in [2.24, 2.45) is 0 Å². The van der Waals surface area contributed by atoms with Crippen LogP contribution >= 0.6 is 0 Å². The van der Waals surface area contributed by atoms with E-state index in [1.807, 2.05) is 0 Å². The predicted molar refractivity (Wildman–Crippen MR) is 61.8 cm³/mol. The average molecular weight is 234 g/mol. The van der Waals surface area contributed by atoms with E-state index in [0.717, 1.165) is 25.1 Å². The number of carbonyl (C=O) groups is 2. The van der Waals surface area contributed by atoms with Crippen LogP contribution in [0.25, 0.3) is 0 Å². The maximum Gasteiger partial charge on any atom is 0.335 e. The van der Waals surface area contributed by atoms with Crippen LogP contribution in [0.1, 0.15) is 22.3 Å². The molecule has 0 atom stereocenters. The number of rotatable bonds is 3. The first-order valence-electron chi connectivity index (χ1n) is 5.52. The molecule has 1 heterocycles. The van der Waals surface area contributed by atoms with Gasteiger partial charge in [0, 0.05) is 19.6 Å². The van der Waals surface area contributed by atoms with Crippen molar-refractivity contribution in [2.45, 2.75) is 13.0 Å². The van der Waals surface area contributed by atoms with Crippen molar-refractivity contribution in [1.29, 1.82) is 0 Å². The molecule has 0 unspecified atom stereocenters. The number of carboxylic acid groups (broad SMARTS) is 1. The highest BCUT2D eigenvalue weighted by molar-refractivity contribution is 5.87. The third-order valence-corrected chi connectivity index (χ3v) is 2.79. The summed E-state index contributed by atoms with van der Waals surface area (Å²) in [6, 6.07) is 6.43. The van der Waals surface area contributed by atoms with Crippen LogP contribution in [0.15, 0.2) is 24.3 Å². The third kappa shape index (κ3) is 2.75. The third-order valence-electron chi connectivity index (χ3n) is 2.79. The van der Waals surface area contributed by atoms with Crippen LogP contribution in [0.4, 0.5) is 4.79 Å². The van der Waals surface area contributed by atoms with Crippen molar-refractivity contribution >= 4 is 12.0 Å². The lowest BCUT2D eigenvalue weighted by Crippen LogP contribution is -2.47. The molecule has 0 aliphatic carbocycles. The molecule has 1 fully saturated rings. The summed E-state index contributed by atoms with van der Waals surface area (Å²) in [5, 5.41) is 11.5. The molecular formula is C12H14N2O3. The van der Waals surface area contributed by atoms with Crippen molar-refractivity contribution in [2.75, 3.05) is 13.1 Å². The standard InChI is InChI=1S/C12H14N2O3/c15-11(16)10-4-2-9(3-5-10)8-13-12(17)14-6-1-7-14/h2-5H,1,6-8H2,(H,13,17)(H,15,16). The van der Waals surface area contributed by atoms with Crippen LogP contribution in [-0.4, -0.2) is 35.1 Å². The van der Waals surface area contributed by atoms with Crippen molar-refractivity contribution in [3.8, 4) is 0 Å². The molecule has 5 heteroatoms. The number of benzene rings is 1.